The zero-order chi connectivity index (χ0) is 43.7. The molecule has 6 heteroatoms. The second-order valence-electron chi connectivity index (χ2n) is 17.0. The molecular formula is C61H39N5Pt. The van der Waals surface area contributed by atoms with E-state index in [1.807, 2.05) is 12.3 Å². The number of fused-ring (bicyclic) bond motifs is 7. The Bertz CT molecular complexity index is 3980. The predicted molar refractivity (Wildman–Crippen MR) is 272 cm³/mol. The third-order valence-corrected chi connectivity index (χ3v) is 13.0. The van der Waals surface area contributed by atoms with E-state index in [0.29, 0.717) is 0 Å². The van der Waals surface area contributed by atoms with Crippen LogP contribution in [-0.4, -0.2) is 19.1 Å². The molecule has 0 atom stereocenters. The third-order valence-electron chi connectivity index (χ3n) is 13.0. The Balaban J connectivity index is 0.00000468. The van der Waals surface area contributed by atoms with Gasteiger partial charge in [-0.1, -0.05) is 168 Å². The van der Waals surface area contributed by atoms with E-state index in [4.69, 9.17) is 15.0 Å². The van der Waals surface area contributed by atoms with Crippen molar-refractivity contribution in [2.75, 3.05) is 0 Å². The zero-order valence-electron chi connectivity index (χ0n) is 36.3. The molecule has 9 aromatic carbocycles. The van der Waals surface area contributed by atoms with Crippen molar-refractivity contribution in [3.63, 3.8) is 0 Å². The van der Waals surface area contributed by atoms with Gasteiger partial charge in [-0.15, -0.1) is 34.8 Å². The molecule has 0 spiro atoms. The van der Waals surface area contributed by atoms with Crippen molar-refractivity contribution in [3.05, 3.63) is 230 Å². The third kappa shape index (κ3) is 6.73. The Hall–Kier alpha value is -8.11. The number of imidazole rings is 1. The first-order valence-electron chi connectivity index (χ1n) is 22.4. The summed E-state index contributed by atoms with van der Waals surface area (Å²) in [7, 11) is 0. The minimum absolute atomic E-state index is 0. The number of aromatic nitrogens is 5. The molecule has 4 heterocycles. The summed E-state index contributed by atoms with van der Waals surface area (Å²) in [5.74, 6) is 1.66. The van der Waals surface area contributed by atoms with Crippen molar-refractivity contribution in [3.8, 4) is 67.4 Å². The van der Waals surface area contributed by atoms with Crippen LogP contribution in [0.25, 0.3) is 122 Å². The van der Waals surface area contributed by atoms with Crippen molar-refractivity contribution in [1.29, 1.82) is 0 Å². The van der Waals surface area contributed by atoms with Gasteiger partial charge >= 0.3 is 21.1 Å². The number of aryl methyl sites for hydroxylation is 1. The van der Waals surface area contributed by atoms with Gasteiger partial charge in [-0.2, -0.15) is 0 Å². The molecular weight excluding hydrogens is 998 g/mol. The molecule has 0 amide bonds. The van der Waals surface area contributed by atoms with Gasteiger partial charge < -0.3 is 9.55 Å². The predicted octanol–water partition coefficient (Wildman–Crippen LogP) is 15.2. The molecule has 5 nitrogen and oxygen atoms in total. The number of benzene rings is 9. The summed E-state index contributed by atoms with van der Waals surface area (Å²) in [6.07, 6.45) is 1.91. The van der Waals surface area contributed by atoms with Gasteiger partial charge in [-0.3, -0.25) is 4.57 Å². The van der Waals surface area contributed by atoms with Crippen LogP contribution in [0.3, 0.4) is 0 Å². The van der Waals surface area contributed by atoms with Gasteiger partial charge in [0.2, 0.25) is 0 Å². The van der Waals surface area contributed by atoms with E-state index in [2.05, 4.69) is 228 Å². The van der Waals surface area contributed by atoms with Gasteiger partial charge in [0.15, 0.2) is 0 Å². The van der Waals surface area contributed by atoms with Crippen LogP contribution in [0, 0.1) is 13.0 Å². The van der Waals surface area contributed by atoms with Gasteiger partial charge in [0.25, 0.3) is 0 Å². The molecule has 0 aliphatic heterocycles. The number of rotatable bonds is 7. The van der Waals surface area contributed by atoms with Crippen molar-refractivity contribution < 1.29 is 21.1 Å². The van der Waals surface area contributed by atoms with Gasteiger partial charge in [0.1, 0.15) is 11.6 Å². The molecule has 0 N–H and O–H groups in total. The van der Waals surface area contributed by atoms with E-state index in [9.17, 15) is 0 Å². The summed E-state index contributed by atoms with van der Waals surface area (Å²) < 4.78 is 4.56. The van der Waals surface area contributed by atoms with Crippen LogP contribution >= 0.6 is 0 Å². The maximum absolute atomic E-state index is 5.72. The smallest absolute Gasteiger partial charge is 0.656 e. The number of hydrogen-bond donors (Lipinski definition) is 0. The van der Waals surface area contributed by atoms with E-state index < -0.39 is 0 Å². The Morgan fingerprint density at radius 1 is 0.478 bits per heavy atom. The van der Waals surface area contributed by atoms with Crippen molar-refractivity contribution in [1.82, 2.24) is 24.1 Å². The summed E-state index contributed by atoms with van der Waals surface area (Å²) in [6.45, 7) is 2.15. The maximum Gasteiger partial charge on any atom is 2.00 e. The fraction of sp³-hybridized carbons (Fsp3) is 0.0164. The van der Waals surface area contributed by atoms with Crippen LogP contribution in [-0.2, 0) is 21.1 Å². The van der Waals surface area contributed by atoms with E-state index >= 15 is 0 Å². The second-order valence-corrected chi connectivity index (χ2v) is 17.0. The monoisotopic (exact) mass is 1040 g/mol. The van der Waals surface area contributed by atoms with Crippen molar-refractivity contribution in [2.24, 2.45) is 0 Å². The Kier molecular flexibility index (Phi) is 9.89. The first-order chi connectivity index (χ1) is 32.6. The molecule has 0 unspecified atom stereocenters. The zero-order valence-corrected chi connectivity index (χ0v) is 38.6. The standard InChI is InChI=1S/C61H39N5.Pt/c1-39-28-31-54-50(34-39)49-30-29-44(37-56(49)66(54)57-38-43(32-33-62-57)40-16-6-2-7-17-40)48-25-15-27-55-60(48)64-61(65(55)46-22-12-5-13-23-46)52-36-45(41-18-8-3-9-19-41)35-51-58-47(42-20-10-4-11-21-42)24-14-26-53(58)63-59(51)52;/h2-36,38H,1H3;/q-2;+2. The van der Waals surface area contributed by atoms with E-state index in [0.717, 1.165) is 117 Å². The minimum atomic E-state index is 0. The summed E-state index contributed by atoms with van der Waals surface area (Å²) in [6, 6.07) is 79.1. The summed E-state index contributed by atoms with van der Waals surface area (Å²) in [5, 5.41) is 4.52. The first kappa shape index (κ1) is 40.4. The van der Waals surface area contributed by atoms with Gasteiger partial charge in [-0.05, 0) is 111 Å². The summed E-state index contributed by atoms with van der Waals surface area (Å²) in [4.78, 5) is 16.1. The van der Waals surface area contributed by atoms with Gasteiger partial charge in [0.05, 0.1) is 11.0 Å². The number of hydrogen-bond acceptors (Lipinski definition) is 2. The molecule has 4 aromatic heterocycles. The largest absolute Gasteiger partial charge is 2.00 e. The Morgan fingerprint density at radius 2 is 1.16 bits per heavy atom. The molecule has 318 valence electrons. The number of para-hydroxylation sites is 2. The van der Waals surface area contributed by atoms with Crippen LogP contribution in [0.2, 0.25) is 0 Å². The van der Waals surface area contributed by atoms with Crippen LogP contribution in [0.15, 0.2) is 219 Å². The number of nitrogens with zero attached hydrogens (tertiary/aromatic N) is 5. The molecule has 13 rings (SSSR count). The van der Waals surface area contributed by atoms with Crippen LogP contribution in [0.4, 0.5) is 0 Å². The van der Waals surface area contributed by atoms with Crippen LogP contribution in [0.5, 0.6) is 0 Å². The molecule has 0 aliphatic carbocycles. The molecule has 0 saturated heterocycles. The minimum Gasteiger partial charge on any atom is -0.656 e. The maximum atomic E-state index is 5.72. The fourth-order valence-corrected chi connectivity index (χ4v) is 9.95. The van der Waals surface area contributed by atoms with Crippen molar-refractivity contribution >= 4 is 54.6 Å². The van der Waals surface area contributed by atoms with Crippen LogP contribution < -0.4 is 4.98 Å². The van der Waals surface area contributed by atoms with Crippen molar-refractivity contribution in [2.45, 2.75) is 6.92 Å². The van der Waals surface area contributed by atoms with Gasteiger partial charge in [-0.25, -0.2) is 9.97 Å². The SMILES string of the molecule is Cc1ccc2c(c1)c1ccc(-c3cccc4c3nc(-c3cc(-c5ccccc5)cc5c3[n-]c3cccc(-c6ccccc6)c35)n4-c3ccccc3)[c-]c1n2-c1cc(-c2ccccc2)ccn1.[Pt+2]. The average Bonchev–Trinajstić information content (AvgIpc) is 4.07. The molecule has 0 saturated carbocycles. The average molecular weight is 1040 g/mol. The summed E-state index contributed by atoms with van der Waals surface area (Å²) >= 11 is 0. The fourth-order valence-electron chi connectivity index (χ4n) is 9.95. The summed E-state index contributed by atoms with van der Waals surface area (Å²) in [5.41, 5.74) is 17.7. The first-order valence-corrected chi connectivity index (χ1v) is 22.4. The molecule has 0 radical (unpaired) electrons. The molecule has 13 aromatic rings. The normalized spacial score (nSPS) is 11.5. The second kappa shape index (κ2) is 16.4. The van der Waals surface area contributed by atoms with E-state index in [-0.39, 0.29) is 21.1 Å². The van der Waals surface area contributed by atoms with Crippen LogP contribution in [0.1, 0.15) is 5.56 Å². The Labute approximate surface area is 401 Å². The molecule has 0 aliphatic rings. The molecule has 0 bridgehead atoms. The topological polar surface area (TPSA) is 49.7 Å². The Morgan fingerprint density at radius 3 is 1.93 bits per heavy atom. The number of pyridine rings is 1. The van der Waals surface area contributed by atoms with E-state index in [1.165, 1.54) is 10.9 Å². The quantitative estimate of drug-likeness (QED) is 0.149. The molecule has 67 heavy (non-hydrogen) atoms. The van der Waals surface area contributed by atoms with Gasteiger partial charge in [0, 0.05) is 23.0 Å². The molecule has 0 fully saturated rings. The van der Waals surface area contributed by atoms with E-state index in [1.54, 1.807) is 0 Å².